The number of benzene rings is 2. The third-order valence-electron chi connectivity index (χ3n) is 7.04. The highest BCUT2D eigenvalue weighted by Gasteiger charge is 2.40. The normalized spacial score (nSPS) is 20.1. The average Bonchev–Trinajstić information content (AvgIpc) is 2.90. The van der Waals surface area contributed by atoms with E-state index in [1.165, 1.54) is 17.7 Å². The number of carbonyl (C=O) groups is 2. The highest BCUT2D eigenvalue weighted by atomic mass is 32.2. The van der Waals surface area contributed by atoms with Crippen LogP contribution in [0.4, 0.5) is 0 Å². The quantitative estimate of drug-likeness (QED) is 0.521. The number of nitrogens with one attached hydrogen (secondary N) is 2. The Morgan fingerprint density at radius 2 is 1.95 bits per heavy atom. The van der Waals surface area contributed by atoms with Gasteiger partial charge in [-0.3, -0.25) is 14.6 Å². The van der Waals surface area contributed by atoms with E-state index in [1.54, 1.807) is 18.3 Å². The van der Waals surface area contributed by atoms with Crippen LogP contribution in [-0.2, 0) is 26.0 Å². The van der Waals surface area contributed by atoms with E-state index in [-0.39, 0.29) is 36.4 Å². The first-order valence-electron chi connectivity index (χ1n) is 12.5. The number of aryl methyl sites for hydroxylation is 2. The molecule has 2 heterocycles. The molecule has 0 bridgehead atoms. The van der Waals surface area contributed by atoms with Crippen LogP contribution in [-0.4, -0.2) is 48.7 Å². The fraction of sp³-hybridized carbons (Fsp3) is 0.321. The van der Waals surface area contributed by atoms with Gasteiger partial charge in [0.05, 0.1) is 23.1 Å². The van der Waals surface area contributed by atoms with Crippen LogP contribution in [0.3, 0.4) is 0 Å². The molecule has 0 radical (unpaired) electrons. The number of carbonyl (C=O) groups excluding carboxylic acids is 2. The zero-order valence-electron chi connectivity index (χ0n) is 20.7. The molecule has 5 rings (SSSR count). The molecule has 8 nitrogen and oxygen atoms in total. The van der Waals surface area contributed by atoms with Crippen molar-refractivity contribution in [1.82, 2.24) is 19.9 Å². The summed E-state index contributed by atoms with van der Waals surface area (Å²) in [7, 11) is -3.93. The van der Waals surface area contributed by atoms with Crippen molar-refractivity contribution in [3.8, 4) is 11.3 Å². The van der Waals surface area contributed by atoms with E-state index in [0.717, 1.165) is 46.0 Å². The number of rotatable bonds is 6. The fourth-order valence-corrected chi connectivity index (χ4v) is 6.70. The third kappa shape index (κ3) is 5.28. The lowest BCUT2D eigenvalue weighted by atomic mass is 9.86. The zero-order valence-corrected chi connectivity index (χ0v) is 21.5. The molecule has 2 amide bonds. The zero-order chi connectivity index (χ0) is 26.0. The predicted octanol–water partition coefficient (Wildman–Crippen LogP) is 3.13. The predicted molar refractivity (Wildman–Crippen MR) is 140 cm³/mol. The Hall–Kier alpha value is -3.56. The number of sulfonamides is 1. The lowest BCUT2D eigenvalue weighted by molar-refractivity contribution is -0.132. The van der Waals surface area contributed by atoms with Crippen LogP contribution < -0.4 is 10.6 Å². The van der Waals surface area contributed by atoms with E-state index in [1.807, 2.05) is 37.3 Å². The van der Waals surface area contributed by atoms with Crippen molar-refractivity contribution in [3.63, 3.8) is 0 Å². The summed E-state index contributed by atoms with van der Waals surface area (Å²) in [6.45, 7) is 2.19. The fourth-order valence-electron chi connectivity index (χ4n) is 5.11. The maximum atomic E-state index is 13.3. The molecule has 1 aromatic heterocycles. The van der Waals surface area contributed by atoms with Crippen molar-refractivity contribution >= 4 is 21.8 Å². The minimum Gasteiger partial charge on any atom is -0.353 e. The number of pyridine rings is 1. The molecule has 1 aliphatic heterocycles. The molecule has 1 aliphatic carbocycles. The monoisotopic (exact) mass is 518 g/mol. The highest BCUT2D eigenvalue weighted by Crippen LogP contribution is 2.33. The van der Waals surface area contributed by atoms with Crippen LogP contribution in [0.5, 0.6) is 0 Å². The molecular formula is C28H30N4O4S. The van der Waals surface area contributed by atoms with E-state index in [2.05, 4.69) is 21.7 Å². The topological polar surface area (TPSA) is 108 Å². The van der Waals surface area contributed by atoms with Gasteiger partial charge in [0.25, 0.3) is 0 Å². The molecule has 0 spiro atoms. The van der Waals surface area contributed by atoms with Gasteiger partial charge in [0.1, 0.15) is 6.04 Å². The van der Waals surface area contributed by atoms with Crippen LogP contribution in [0.1, 0.15) is 42.0 Å². The molecule has 2 aromatic carbocycles. The number of amides is 2. The summed E-state index contributed by atoms with van der Waals surface area (Å²) in [5.74, 6) is -0.807. The molecule has 2 N–H and O–H groups in total. The SMILES string of the molecule is Cc1ccc(S(=O)(=O)N2CCNC(=O)[C@H]2CC(=O)N[C@@H]2CCCc3cc(-c4ccccn4)ccc32)cc1. The van der Waals surface area contributed by atoms with Gasteiger partial charge in [0.2, 0.25) is 21.8 Å². The maximum absolute atomic E-state index is 13.3. The third-order valence-corrected chi connectivity index (χ3v) is 8.96. The molecule has 0 saturated carbocycles. The van der Waals surface area contributed by atoms with E-state index in [4.69, 9.17) is 0 Å². The Kier molecular flexibility index (Phi) is 7.08. The van der Waals surface area contributed by atoms with Crippen molar-refractivity contribution in [1.29, 1.82) is 0 Å². The van der Waals surface area contributed by atoms with Gasteiger partial charge < -0.3 is 10.6 Å². The van der Waals surface area contributed by atoms with E-state index >= 15 is 0 Å². The number of nitrogens with zero attached hydrogens (tertiary/aromatic N) is 2. The van der Waals surface area contributed by atoms with E-state index in [0.29, 0.717) is 0 Å². The van der Waals surface area contributed by atoms with Gasteiger partial charge in [-0.25, -0.2) is 8.42 Å². The number of piperazine rings is 1. The smallest absolute Gasteiger partial charge is 0.243 e. The molecule has 1 saturated heterocycles. The Labute approximate surface area is 217 Å². The van der Waals surface area contributed by atoms with Gasteiger partial charge in [-0.1, -0.05) is 35.9 Å². The molecule has 37 heavy (non-hydrogen) atoms. The van der Waals surface area contributed by atoms with Crippen LogP contribution >= 0.6 is 0 Å². The molecule has 9 heteroatoms. The summed E-state index contributed by atoms with van der Waals surface area (Å²) in [6.07, 6.45) is 4.14. The van der Waals surface area contributed by atoms with Gasteiger partial charge in [0.15, 0.2) is 0 Å². The molecule has 3 aromatic rings. The van der Waals surface area contributed by atoms with E-state index < -0.39 is 22.0 Å². The van der Waals surface area contributed by atoms with Crippen molar-refractivity contribution < 1.29 is 18.0 Å². The largest absolute Gasteiger partial charge is 0.353 e. The first-order chi connectivity index (χ1) is 17.8. The summed E-state index contributed by atoms with van der Waals surface area (Å²) in [4.78, 5) is 30.4. The second kappa shape index (κ2) is 10.4. The number of fused-ring (bicyclic) bond motifs is 1. The van der Waals surface area contributed by atoms with Crippen molar-refractivity contribution in [2.75, 3.05) is 13.1 Å². The summed E-state index contributed by atoms with van der Waals surface area (Å²) < 4.78 is 27.9. The van der Waals surface area contributed by atoms with Gasteiger partial charge in [-0.2, -0.15) is 4.31 Å². The Morgan fingerprint density at radius 3 is 2.70 bits per heavy atom. The van der Waals surface area contributed by atoms with Crippen LogP contribution in [0.25, 0.3) is 11.3 Å². The molecule has 1 fully saturated rings. The van der Waals surface area contributed by atoms with Crippen molar-refractivity contribution in [2.24, 2.45) is 0 Å². The summed E-state index contributed by atoms with van der Waals surface area (Å²) >= 11 is 0. The number of hydrogen-bond acceptors (Lipinski definition) is 5. The Balaban J connectivity index is 1.33. The van der Waals surface area contributed by atoms with Crippen LogP contribution in [0.2, 0.25) is 0 Å². The Morgan fingerprint density at radius 1 is 1.14 bits per heavy atom. The molecule has 0 unspecified atom stereocenters. The average molecular weight is 519 g/mol. The minimum absolute atomic E-state index is 0.114. The van der Waals surface area contributed by atoms with Gasteiger partial charge >= 0.3 is 0 Å². The highest BCUT2D eigenvalue weighted by molar-refractivity contribution is 7.89. The maximum Gasteiger partial charge on any atom is 0.243 e. The number of hydrogen-bond donors (Lipinski definition) is 2. The summed E-state index contributed by atoms with van der Waals surface area (Å²) in [5, 5.41) is 5.78. The lowest BCUT2D eigenvalue weighted by Crippen LogP contribution is -2.58. The molecular weight excluding hydrogens is 488 g/mol. The first-order valence-corrected chi connectivity index (χ1v) is 14.0. The molecule has 2 aliphatic rings. The number of aromatic nitrogens is 1. The van der Waals surface area contributed by atoms with Crippen molar-refractivity contribution in [2.45, 2.75) is 49.6 Å². The molecule has 192 valence electrons. The summed E-state index contributed by atoms with van der Waals surface area (Å²) in [6, 6.07) is 17.2. The summed E-state index contributed by atoms with van der Waals surface area (Å²) in [5.41, 5.74) is 5.08. The standard InChI is InChI=1S/C28H30N4O4S/c1-19-8-11-22(12-9-19)37(35,36)32-16-15-30-28(34)26(32)18-27(33)31-25-7-4-5-20-17-21(10-13-23(20)25)24-6-2-3-14-29-24/h2-3,6,8-14,17,25-26H,4-5,7,15-16,18H2,1H3,(H,30,34)(H,31,33)/t25-,26-/m1/s1. The Bertz CT molecular complexity index is 1410. The van der Waals surface area contributed by atoms with Gasteiger partial charge in [-0.05, 0) is 67.6 Å². The van der Waals surface area contributed by atoms with Crippen molar-refractivity contribution in [3.05, 3.63) is 83.6 Å². The minimum atomic E-state index is -3.93. The second-order valence-electron chi connectivity index (χ2n) is 9.58. The second-order valence-corrected chi connectivity index (χ2v) is 11.5. The van der Waals surface area contributed by atoms with Crippen LogP contribution in [0.15, 0.2) is 71.8 Å². The van der Waals surface area contributed by atoms with Gasteiger partial charge in [0, 0.05) is 24.8 Å². The van der Waals surface area contributed by atoms with Crippen LogP contribution in [0, 0.1) is 6.92 Å². The first kappa shape index (κ1) is 25.1. The molecule has 2 atom stereocenters. The van der Waals surface area contributed by atoms with Gasteiger partial charge in [-0.15, -0.1) is 0 Å². The lowest BCUT2D eigenvalue weighted by Gasteiger charge is -2.34. The van der Waals surface area contributed by atoms with E-state index in [9.17, 15) is 18.0 Å².